The molecule has 0 spiro atoms. The van der Waals surface area contributed by atoms with Crippen molar-refractivity contribution in [1.29, 1.82) is 0 Å². The predicted molar refractivity (Wildman–Crippen MR) is 137 cm³/mol. The van der Waals surface area contributed by atoms with Gasteiger partial charge in [0.2, 0.25) is 5.91 Å². The highest BCUT2D eigenvalue weighted by atomic mass is 19.1. The Morgan fingerprint density at radius 2 is 1.86 bits per heavy atom. The number of benzene rings is 3. The van der Waals surface area contributed by atoms with Crippen molar-refractivity contribution in [3.05, 3.63) is 89.5 Å². The molecule has 1 unspecified atom stereocenters. The van der Waals surface area contributed by atoms with E-state index < -0.39 is 0 Å². The molecule has 1 atom stereocenters. The maximum atomic E-state index is 13.4. The van der Waals surface area contributed by atoms with Gasteiger partial charge in [-0.15, -0.1) is 0 Å². The minimum absolute atomic E-state index is 0.0257. The van der Waals surface area contributed by atoms with Crippen molar-refractivity contribution in [3.63, 3.8) is 0 Å². The lowest BCUT2D eigenvalue weighted by molar-refractivity contribution is -0.117. The van der Waals surface area contributed by atoms with Crippen molar-refractivity contribution in [1.82, 2.24) is 9.55 Å². The SMILES string of the molecule is Cc1ccc(C(C)C)c(OCCn2c(C3CC(=O)N(c4ccc(F)cc4)C3)nc3ccccc32)c1. The van der Waals surface area contributed by atoms with Gasteiger partial charge < -0.3 is 14.2 Å². The Labute approximate surface area is 205 Å². The molecule has 1 fully saturated rings. The molecule has 1 saturated heterocycles. The molecule has 1 aromatic heterocycles. The molecule has 0 aliphatic carbocycles. The minimum atomic E-state index is -0.312. The van der Waals surface area contributed by atoms with E-state index in [-0.39, 0.29) is 17.6 Å². The topological polar surface area (TPSA) is 47.4 Å². The standard InChI is InChI=1S/C29H30FN3O2/c1-19(2)24-13-8-20(3)16-27(24)35-15-14-32-26-7-5-4-6-25(26)31-29(32)21-17-28(34)33(18-21)23-11-9-22(30)10-12-23/h4-13,16,19,21H,14-15,17-18H2,1-3H3. The molecule has 0 saturated carbocycles. The Morgan fingerprint density at radius 3 is 2.63 bits per heavy atom. The molecule has 1 amide bonds. The number of anilines is 1. The zero-order valence-electron chi connectivity index (χ0n) is 20.4. The quantitative estimate of drug-likeness (QED) is 0.322. The minimum Gasteiger partial charge on any atom is -0.491 e. The number of aromatic nitrogens is 2. The monoisotopic (exact) mass is 471 g/mol. The second-order valence-electron chi connectivity index (χ2n) is 9.54. The number of halogens is 1. The number of nitrogens with zero attached hydrogens (tertiary/aromatic N) is 3. The Bertz CT molecular complexity index is 1360. The molecule has 5 nitrogen and oxygen atoms in total. The van der Waals surface area contributed by atoms with E-state index in [1.807, 2.05) is 18.2 Å². The molecular weight excluding hydrogens is 441 g/mol. The molecule has 1 aliphatic rings. The van der Waals surface area contributed by atoms with Crippen LogP contribution < -0.4 is 9.64 Å². The van der Waals surface area contributed by atoms with E-state index >= 15 is 0 Å². The number of fused-ring (bicyclic) bond motifs is 1. The summed E-state index contributed by atoms with van der Waals surface area (Å²) < 4.78 is 21.9. The normalized spacial score (nSPS) is 16.0. The van der Waals surface area contributed by atoms with Crippen molar-refractivity contribution in [2.45, 2.75) is 45.6 Å². The van der Waals surface area contributed by atoms with E-state index in [4.69, 9.17) is 9.72 Å². The van der Waals surface area contributed by atoms with Gasteiger partial charge in [0, 0.05) is 24.6 Å². The van der Waals surface area contributed by atoms with Crippen LogP contribution in [0.4, 0.5) is 10.1 Å². The number of ether oxygens (including phenoxy) is 1. The highest BCUT2D eigenvalue weighted by Gasteiger charge is 2.34. The van der Waals surface area contributed by atoms with Crippen LogP contribution in [0.1, 0.15) is 49.1 Å². The fraction of sp³-hybridized carbons (Fsp3) is 0.310. The van der Waals surface area contributed by atoms with Gasteiger partial charge in [-0.25, -0.2) is 9.37 Å². The zero-order chi connectivity index (χ0) is 24.5. The number of carbonyl (C=O) groups excluding carboxylic acids is 1. The van der Waals surface area contributed by atoms with Crippen LogP contribution in [-0.4, -0.2) is 28.6 Å². The highest BCUT2D eigenvalue weighted by molar-refractivity contribution is 5.96. The second-order valence-corrected chi connectivity index (χ2v) is 9.54. The first kappa shape index (κ1) is 23.1. The fourth-order valence-electron chi connectivity index (χ4n) is 4.88. The Kier molecular flexibility index (Phi) is 6.29. The van der Waals surface area contributed by atoms with Gasteiger partial charge in [0.25, 0.3) is 0 Å². The zero-order valence-corrected chi connectivity index (χ0v) is 20.4. The number of rotatable bonds is 7. The Balaban J connectivity index is 1.40. The number of aryl methyl sites for hydroxylation is 1. The molecule has 1 aliphatic heterocycles. The number of carbonyl (C=O) groups is 1. The maximum absolute atomic E-state index is 13.4. The number of imidazole rings is 1. The van der Waals surface area contributed by atoms with Crippen molar-refractivity contribution < 1.29 is 13.9 Å². The number of para-hydroxylation sites is 2. The van der Waals surface area contributed by atoms with Crippen LogP contribution in [0.15, 0.2) is 66.7 Å². The molecule has 35 heavy (non-hydrogen) atoms. The summed E-state index contributed by atoms with van der Waals surface area (Å²) in [5, 5.41) is 0. The molecule has 0 bridgehead atoms. The Morgan fingerprint density at radius 1 is 1.09 bits per heavy atom. The summed E-state index contributed by atoms with van der Waals surface area (Å²) in [6, 6.07) is 20.5. The van der Waals surface area contributed by atoms with Crippen LogP contribution in [0.2, 0.25) is 0 Å². The van der Waals surface area contributed by atoms with Gasteiger partial charge in [0.05, 0.1) is 17.6 Å². The third kappa shape index (κ3) is 4.65. The highest BCUT2D eigenvalue weighted by Crippen LogP contribution is 2.33. The maximum Gasteiger partial charge on any atom is 0.227 e. The average molecular weight is 472 g/mol. The van der Waals surface area contributed by atoms with Crippen LogP contribution in [0.25, 0.3) is 11.0 Å². The first-order valence-electron chi connectivity index (χ1n) is 12.1. The van der Waals surface area contributed by atoms with Crippen LogP contribution in [0, 0.1) is 12.7 Å². The summed E-state index contributed by atoms with van der Waals surface area (Å²) in [5.74, 6) is 1.85. The molecule has 180 valence electrons. The summed E-state index contributed by atoms with van der Waals surface area (Å²) in [6.45, 7) is 8.06. The van der Waals surface area contributed by atoms with Crippen molar-refractivity contribution in [3.8, 4) is 5.75 Å². The first-order valence-corrected chi connectivity index (χ1v) is 12.1. The average Bonchev–Trinajstić information content (AvgIpc) is 3.40. The lowest BCUT2D eigenvalue weighted by atomic mass is 10.0. The van der Waals surface area contributed by atoms with E-state index in [1.165, 1.54) is 23.3 Å². The van der Waals surface area contributed by atoms with E-state index in [1.54, 1.807) is 17.0 Å². The van der Waals surface area contributed by atoms with E-state index in [9.17, 15) is 9.18 Å². The first-order chi connectivity index (χ1) is 16.9. The van der Waals surface area contributed by atoms with Crippen LogP contribution in [0.3, 0.4) is 0 Å². The van der Waals surface area contributed by atoms with Gasteiger partial charge in [0.1, 0.15) is 24.0 Å². The molecule has 2 heterocycles. The van der Waals surface area contributed by atoms with Gasteiger partial charge in [-0.05, 0) is 66.4 Å². The molecule has 5 rings (SSSR count). The van der Waals surface area contributed by atoms with Gasteiger partial charge in [-0.2, -0.15) is 0 Å². The molecular formula is C29H30FN3O2. The van der Waals surface area contributed by atoms with Crippen molar-refractivity contribution >= 4 is 22.6 Å². The molecule has 0 radical (unpaired) electrons. The van der Waals surface area contributed by atoms with E-state index in [0.29, 0.717) is 37.7 Å². The number of hydrogen-bond donors (Lipinski definition) is 0. The van der Waals surface area contributed by atoms with Crippen LogP contribution in [-0.2, 0) is 11.3 Å². The molecule has 6 heteroatoms. The van der Waals surface area contributed by atoms with Crippen LogP contribution >= 0.6 is 0 Å². The van der Waals surface area contributed by atoms with Crippen molar-refractivity contribution in [2.75, 3.05) is 18.1 Å². The Hall–Kier alpha value is -3.67. The number of amides is 1. The third-order valence-corrected chi connectivity index (χ3v) is 6.68. The lowest BCUT2D eigenvalue weighted by Gasteiger charge is -2.18. The molecule has 4 aromatic rings. The summed E-state index contributed by atoms with van der Waals surface area (Å²) in [6.07, 6.45) is 0.372. The van der Waals surface area contributed by atoms with Gasteiger partial charge >= 0.3 is 0 Å². The van der Waals surface area contributed by atoms with Gasteiger partial charge in [0.15, 0.2) is 0 Å². The summed E-state index contributed by atoms with van der Waals surface area (Å²) >= 11 is 0. The van der Waals surface area contributed by atoms with E-state index in [0.717, 1.165) is 22.6 Å². The summed E-state index contributed by atoms with van der Waals surface area (Å²) in [4.78, 5) is 19.5. The van der Waals surface area contributed by atoms with Crippen LogP contribution in [0.5, 0.6) is 5.75 Å². The van der Waals surface area contributed by atoms with Crippen molar-refractivity contribution in [2.24, 2.45) is 0 Å². The summed E-state index contributed by atoms with van der Waals surface area (Å²) in [7, 11) is 0. The van der Waals surface area contributed by atoms with Gasteiger partial charge in [-0.1, -0.05) is 38.1 Å². The second kappa shape index (κ2) is 9.53. The van der Waals surface area contributed by atoms with E-state index in [2.05, 4.69) is 49.6 Å². The predicted octanol–water partition coefficient (Wildman–Crippen LogP) is 6.21. The number of hydrogen-bond acceptors (Lipinski definition) is 3. The van der Waals surface area contributed by atoms with Gasteiger partial charge in [-0.3, -0.25) is 4.79 Å². The lowest BCUT2D eigenvalue weighted by Crippen LogP contribution is -2.24. The smallest absolute Gasteiger partial charge is 0.227 e. The molecule has 0 N–H and O–H groups in total. The third-order valence-electron chi connectivity index (χ3n) is 6.68. The summed E-state index contributed by atoms with van der Waals surface area (Å²) in [5.41, 5.74) is 5.03. The largest absolute Gasteiger partial charge is 0.491 e. The fourth-order valence-corrected chi connectivity index (χ4v) is 4.88. The molecule has 3 aromatic carbocycles.